The highest BCUT2D eigenvalue weighted by Crippen LogP contribution is 2.39. The molecule has 13 heavy (non-hydrogen) atoms. The molecular weight excluding hydrogens is 156 g/mol. The van der Waals surface area contributed by atoms with E-state index >= 15 is 0 Å². The third-order valence-corrected chi connectivity index (χ3v) is 2.93. The fraction of sp³-hybridized carbons (Fsp3) is 0.692. The molecule has 0 radical (unpaired) electrons. The molecule has 0 bridgehead atoms. The molecule has 1 aliphatic rings. The van der Waals surface area contributed by atoms with Gasteiger partial charge in [0.1, 0.15) is 0 Å². The van der Waals surface area contributed by atoms with Crippen LogP contribution in [-0.4, -0.2) is 0 Å². The highest BCUT2D eigenvalue weighted by molar-refractivity contribution is 5.25. The van der Waals surface area contributed by atoms with Crippen LogP contribution in [0.2, 0.25) is 0 Å². The Morgan fingerprint density at radius 3 is 2.31 bits per heavy atom. The van der Waals surface area contributed by atoms with Crippen molar-refractivity contribution in [2.24, 2.45) is 5.41 Å². The van der Waals surface area contributed by atoms with Crippen molar-refractivity contribution in [3.05, 3.63) is 23.8 Å². The summed E-state index contributed by atoms with van der Waals surface area (Å²) in [7, 11) is 0. The molecule has 0 heterocycles. The summed E-state index contributed by atoms with van der Waals surface area (Å²) in [6.07, 6.45) is 13.7. The van der Waals surface area contributed by atoms with E-state index < -0.39 is 0 Å². The molecule has 74 valence electrons. The van der Waals surface area contributed by atoms with Gasteiger partial charge in [0.15, 0.2) is 0 Å². The van der Waals surface area contributed by atoms with E-state index in [1.54, 1.807) is 0 Å². The topological polar surface area (TPSA) is 0 Å². The summed E-state index contributed by atoms with van der Waals surface area (Å²) >= 11 is 0. The third-order valence-electron chi connectivity index (χ3n) is 2.93. The van der Waals surface area contributed by atoms with E-state index in [9.17, 15) is 0 Å². The predicted molar refractivity (Wildman–Crippen MR) is 59.8 cm³/mol. The molecule has 0 atom stereocenters. The van der Waals surface area contributed by atoms with Crippen molar-refractivity contribution in [2.45, 2.75) is 52.9 Å². The number of hydrogen-bond acceptors (Lipinski definition) is 0. The molecule has 0 amide bonds. The Morgan fingerprint density at radius 2 is 1.85 bits per heavy atom. The summed E-state index contributed by atoms with van der Waals surface area (Å²) in [5, 5.41) is 0. The number of hydrogen-bond donors (Lipinski definition) is 0. The second-order valence-electron chi connectivity index (χ2n) is 4.36. The van der Waals surface area contributed by atoms with Crippen LogP contribution in [-0.2, 0) is 0 Å². The molecule has 0 spiro atoms. The molecular formula is C13H22. The molecule has 0 aromatic carbocycles. The lowest BCUT2D eigenvalue weighted by Gasteiger charge is -2.32. The van der Waals surface area contributed by atoms with Crippen LogP contribution >= 0.6 is 0 Å². The van der Waals surface area contributed by atoms with Crippen LogP contribution in [0.5, 0.6) is 0 Å². The highest BCUT2D eigenvalue weighted by Gasteiger charge is 2.25. The molecule has 0 fully saturated rings. The van der Waals surface area contributed by atoms with Gasteiger partial charge in [0.05, 0.1) is 0 Å². The molecule has 0 N–H and O–H groups in total. The molecule has 0 unspecified atom stereocenters. The fourth-order valence-electron chi connectivity index (χ4n) is 2.54. The first-order chi connectivity index (χ1) is 6.22. The van der Waals surface area contributed by atoms with Crippen molar-refractivity contribution in [1.82, 2.24) is 0 Å². The van der Waals surface area contributed by atoms with Crippen molar-refractivity contribution in [3.8, 4) is 0 Å². The normalized spacial score (nSPS) is 20.1. The second-order valence-corrected chi connectivity index (χ2v) is 4.36. The van der Waals surface area contributed by atoms with Gasteiger partial charge in [0.2, 0.25) is 0 Å². The molecule has 0 nitrogen and oxygen atoms in total. The summed E-state index contributed by atoms with van der Waals surface area (Å²) in [5.74, 6) is 0. The zero-order valence-corrected chi connectivity index (χ0v) is 9.27. The van der Waals surface area contributed by atoms with Gasteiger partial charge in [-0.15, -0.1) is 0 Å². The van der Waals surface area contributed by atoms with E-state index in [0.29, 0.717) is 5.41 Å². The average molecular weight is 178 g/mol. The Morgan fingerprint density at radius 1 is 1.23 bits per heavy atom. The van der Waals surface area contributed by atoms with Crippen molar-refractivity contribution in [1.29, 1.82) is 0 Å². The molecule has 0 aliphatic heterocycles. The standard InChI is InChI=1S/C13H22/c1-4-8-13(9-5-2)10-6-7-12(3)11-13/h6-7,11H,4-5,8-10H2,1-3H3. The van der Waals surface area contributed by atoms with Gasteiger partial charge in [-0.1, -0.05) is 50.5 Å². The smallest absolute Gasteiger partial charge is 0.00782 e. The summed E-state index contributed by atoms with van der Waals surface area (Å²) in [4.78, 5) is 0. The highest BCUT2D eigenvalue weighted by atomic mass is 14.3. The molecule has 1 rings (SSSR count). The van der Waals surface area contributed by atoms with Crippen LogP contribution in [0.3, 0.4) is 0 Å². The summed E-state index contributed by atoms with van der Waals surface area (Å²) < 4.78 is 0. The minimum Gasteiger partial charge on any atom is -0.0834 e. The van der Waals surface area contributed by atoms with Gasteiger partial charge in [-0.3, -0.25) is 0 Å². The number of rotatable bonds is 4. The van der Waals surface area contributed by atoms with Crippen molar-refractivity contribution in [3.63, 3.8) is 0 Å². The molecule has 1 aliphatic carbocycles. The Kier molecular flexibility index (Phi) is 3.77. The maximum absolute atomic E-state index is 2.50. The van der Waals surface area contributed by atoms with Crippen LogP contribution in [0.4, 0.5) is 0 Å². The largest absolute Gasteiger partial charge is 0.0834 e. The molecule has 0 heteroatoms. The van der Waals surface area contributed by atoms with E-state index in [1.807, 2.05) is 0 Å². The lowest BCUT2D eigenvalue weighted by atomic mass is 9.73. The molecule has 0 saturated carbocycles. The van der Waals surface area contributed by atoms with Crippen LogP contribution in [0.15, 0.2) is 23.8 Å². The van der Waals surface area contributed by atoms with Gasteiger partial charge in [-0.25, -0.2) is 0 Å². The van der Waals surface area contributed by atoms with Crippen molar-refractivity contribution in [2.75, 3.05) is 0 Å². The van der Waals surface area contributed by atoms with Crippen LogP contribution in [0.1, 0.15) is 52.9 Å². The van der Waals surface area contributed by atoms with E-state index in [1.165, 1.54) is 37.7 Å². The van der Waals surface area contributed by atoms with E-state index in [4.69, 9.17) is 0 Å². The van der Waals surface area contributed by atoms with E-state index in [2.05, 4.69) is 39.0 Å². The molecule has 0 aromatic heterocycles. The minimum atomic E-state index is 0.502. The van der Waals surface area contributed by atoms with Crippen LogP contribution in [0.25, 0.3) is 0 Å². The molecule has 0 saturated heterocycles. The summed E-state index contributed by atoms with van der Waals surface area (Å²) in [6, 6.07) is 0. The zero-order chi connectivity index (χ0) is 9.73. The first kappa shape index (κ1) is 10.6. The predicted octanol–water partition coefficient (Wildman–Crippen LogP) is 4.48. The van der Waals surface area contributed by atoms with Gasteiger partial charge in [0, 0.05) is 0 Å². The second kappa shape index (κ2) is 4.64. The monoisotopic (exact) mass is 178 g/mol. The summed E-state index contributed by atoms with van der Waals surface area (Å²) in [5.41, 5.74) is 1.95. The Labute approximate surface area is 82.7 Å². The minimum absolute atomic E-state index is 0.502. The van der Waals surface area contributed by atoms with Crippen molar-refractivity contribution >= 4 is 0 Å². The molecule has 0 aromatic rings. The van der Waals surface area contributed by atoms with Crippen molar-refractivity contribution < 1.29 is 0 Å². The maximum atomic E-state index is 2.50. The summed E-state index contributed by atoms with van der Waals surface area (Å²) in [6.45, 7) is 6.80. The van der Waals surface area contributed by atoms with E-state index in [-0.39, 0.29) is 0 Å². The first-order valence-electron chi connectivity index (χ1n) is 5.58. The zero-order valence-electron chi connectivity index (χ0n) is 9.27. The average Bonchev–Trinajstić information content (AvgIpc) is 2.04. The lowest BCUT2D eigenvalue weighted by molar-refractivity contribution is 0.315. The van der Waals surface area contributed by atoms with E-state index in [0.717, 1.165) is 0 Å². The lowest BCUT2D eigenvalue weighted by Crippen LogP contribution is -2.19. The maximum Gasteiger partial charge on any atom is -0.00782 e. The Bertz CT molecular complexity index is 202. The van der Waals surface area contributed by atoms with Gasteiger partial charge >= 0.3 is 0 Å². The van der Waals surface area contributed by atoms with Gasteiger partial charge in [-0.2, -0.15) is 0 Å². The van der Waals surface area contributed by atoms with Gasteiger partial charge in [0.25, 0.3) is 0 Å². The first-order valence-corrected chi connectivity index (χ1v) is 5.58. The quantitative estimate of drug-likeness (QED) is 0.595. The van der Waals surface area contributed by atoms with Crippen LogP contribution in [0, 0.1) is 5.41 Å². The van der Waals surface area contributed by atoms with Crippen LogP contribution < -0.4 is 0 Å². The van der Waals surface area contributed by atoms with Gasteiger partial charge in [-0.05, 0) is 31.6 Å². The third kappa shape index (κ3) is 2.72. The van der Waals surface area contributed by atoms with Gasteiger partial charge < -0.3 is 0 Å². The Balaban J connectivity index is 2.73. The SMILES string of the molecule is CCCC1(CCC)C=C(C)C=CC1. The number of allylic oxidation sites excluding steroid dienone is 4. The Hall–Kier alpha value is -0.520. The fourth-order valence-corrected chi connectivity index (χ4v) is 2.54.